The number of hydrogen-bond donors (Lipinski definition) is 0. The largest absolute Gasteiger partial charge is 0.375 e. The number of nitrogens with zero attached hydrogens (tertiary/aromatic N) is 2. The molecule has 0 spiro atoms. The van der Waals surface area contributed by atoms with Crippen LogP contribution in [0.1, 0.15) is 52.7 Å². The van der Waals surface area contributed by atoms with Gasteiger partial charge in [0.25, 0.3) is 0 Å². The first kappa shape index (κ1) is 33.4. The summed E-state index contributed by atoms with van der Waals surface area (Å²) in [4.78, 5) is 0. The quantitative estimate of drug-likeness (QED) is 0.159. The zero-order valence-electron chi connectivity index (χ0n) is 34.4. The van der Waals surface area contributed by atoms with E-state index in [2.05, 4.69) is 202 Å². The van der Waals surface area contributed by atoms with Crippen molar-refractivity contribution in [1.29, 1.82) is 0 Å². The van der Waals surface area contributed by atoms with Gasteiger partial charge in [0.2, 0.25) is 0 Å². The molecule has 0 unspecified atom stereocenters. The molecule has 0 fully saturated rings. The molecule has 2 aliphatic rings. The number of hydrogen-bond acceptors (Lipinski definition) is 0. The fraction of sp³-hybridized carbons (Fsp3) is 0.143. The Labute approximate surface area is 344 Å². The second-order valence-electron chi connectivity index (χ2n) is 19.3. The van der Waals surface area contributed by atoms with Crippen LogP contribution in [-0.4, -0.2) is 15.7 Å². The predicted molar refractivity (Wildman–Crippen MR) is 254 cm³/mol. The van der Waals surface area contributed by atoms with Crippen LogP contribution in [0.2, 0.25) is 0 Å². The Kier molecular flexibility index (Phi) is 6.30. The minimum absolute atomic E-state index is 0.0114. The molecule has 0 N–H and O–H groups in total. The molecule has 11 aromatic rings. The molecule has 0 radical (unpaired) electrons. The molecule has 3 aromatic heterocycles. The Morgan fingerprint density at radius 3 is 1.59 bits per heavy atom. The van der Waals surface area contributed by atoms with Crippen LogP contribution in [0.15, 0.2) is 152 Å². The summed E-state index contributed by atoms with van der Waals surface area (Å²) in [5.74, 6) is 0. The van der Waals surface area contributed by atoms with Crippen LogP contribution in [0, 0.1) is 0 Å². The van der Waals surface area contributed by atoms with Gasteiger partial charge in [-0.2, -0.15) is 0 Å². The Hall–Kier alpha value is -6.58. The van der Waals surface area contributed by atoms with Crippen LogP contribution in [0.4, 0.5) is 0 Å². The van der Waals surface area contributed by atoms with Gasteiger partial charge >= 0.3 is 6.85 Å². The molecule has 2 nitrogen and oxygen atoms in total. The van der Waals surface area contributed by atoms with Crippen molar-refractivity contribution in [3.05, 3.63) is 163 Å². The highest BCUT2D eigenvalue weighted by Crippen LogP contribution is 2.51. The number of aromatic nitrogens is 2. The smallest absolute Gasteiger partial charge is 0.333 e. The Morgan fingerprint density at radius 2 is 0.949 bits per heavy atom. The third-order valence-electron chi connectivity index (χ3n) is 13.9. The predicted octanol–water partition coefficient (Wildman–Crippen LogP) is 13.5. The molecule has 0 bridgehead atoms. The van der Waals surface area contributed by atoms with Gasteiger partial charge in [-0.05, 0) is 120 Å². The van der Waals surface area contributed by atoms with Crippen LogP contribution >= 0.6 is 0 Å². The summed E-state index contributed by atoms with van der Waals surface area (Å²) in [6.45, 7) is 14.1. The summed E-state index contributed by atoms with van der Waals surface area (Å²) < 4.78 is 5.44. The standard InChI is InChI=1S/C56H43BN2/c1-55(2,3)37-22-23-48-40(28-37)44-29-38(56(4,5)6)30-45-41-31-39(34-20-14-9-15-21-34)49-46-26-35(32-16-10-7-11-17-32)24-42-43-25-36(33-18-12-8-13-19-33)27-47-53(43)58(51(42)46)54(49)50(41)57(47)59(48)52(44)45/h7-31H,1-6H3. The van der Waals surface area contributed by atoms with E-state index in [1.807, 2.05) is 0 Å². The lowest BCUT2D eigenvalue weighted by Crippen LogP contribution is -2.54. The number of benzene rings is 8. The maximum atomic E-state index is 2.75. The van der Waals surface area contributed by atoms with Gasteiger partial charge in [0.15, 0.2) is 0 Å². The zero-order valence-corrected chi connectivity index (χ0v) is 34.4. The summed E-state index contributed by atoms with van der Waals surface area (Å²) in [5.41, 5.74) is 22.5. The lowest BCUT2D eigenvalue weighted by atomic mass is 9.45. The van der Waals surface area contributed by atoms with Crippen LogP contribution < -0.4 is 10.9 Å². The average molecular weight is 755 g/mol. The maximum Gasteiger partial charge on any atom is 0.333 e. The fourth-order valence-electron chi connectivity index (χ4n) is 11.0. The molecule has 59 heavy (non-hydrogen) atoms. The van der Waals surface area contributed by atoms with E-state index in [-0.39, 0.29) is 17.7 Å². The number of rotatable bonds is 3. The first-order chi connectivity index (χ1) is 28.5. The molecular weight excluding hydrogens is 711 g/mol. The van der Waals surface area contributed by atoms with Gasteiger partial charge in [-0.25, -0.2) is 0 Å². The van der Waals surface area contributed by atoms with E-state index in [1.165, 1.54) is 126 Å². The molecular formula is C56H43BN2. The van der Waals surface area contributed by atoms with E-state index in [0.29, 0.717) is 0 Å². The normalized spacial score (nSPS) is 13.6. The van der Waals surface area contributed by atoms with Gasteiger partial charge in [-0.3, -0.25) is 0 Å². The third kappa shape index (κ3) is 4.33. The molecule has 0 saturated carbocycles. The molecule has 3 heteroatoms. The van der Waals surface area contributed by atoms with Crippen molar-refractivity contribution in [2.24, 2.45) is 0 Å². The molecule has 2 aliphatic heterocycles. The van der Waals surface area contributed by atoms with Crippen LogP contribution in [0.3, 0.4) is 0 Å². The molecule has 5 heterocycles. The zero-order chi connectivity index (χ0) is 39.7. The monoisotopic (exact) mass is 754 g/mol. The minimum Gasteiger partial charge on any atom is -0.375 e. The minimum atomic E-state index is -0.0339. The van der Waals surface area contributed by atoms with Gasteiger partial charge in [0, 0.05) is 48.9 Å². The summed E-state index contributed by atoms with van der Waals surface area (Å²) in [5, 5.41) is 8.04. The summed E-state index contributed by atoms with van der Waals surface area (Å²) in [6.07, 6.45) is 0. The van der Waals surface area contributed by atoms with Crippen LogP contribution in [0.5, 0.6) is 0 Å². The molecule has 0 saturated heterocycles. The van der Waals surface area contributed by atoms with E-state index < -0.39 is 0 Å². The third-order valence-corrected chi connectivity index (χ3v) is 13.9. The Balaban J connectivity index is 1.30. The summed E-state index contributed by atoms with van der Waals surface area (Å²) in [6, 6.07) is 58.1. The van der Waals surface area contributed by atoms with Crippen LogP contribution in [0.25, 0.3) is 104 Å². The van der Waals surface area contributed by atoms with E-state index in [0.717, 1.165) is 0 Å². The summed E-state index contributed by atoms with van der Waals surface area (Å²) in [7, 11) is 0. The van der Waals surface area contributed by atoms with Gasteiger partial charge < -0.3 is 8.88 Å². The van der Waals surface area contributed by atoms with Gasteiger partial charge in [0.05, 0.1) is 16.6 Å². The van der Waals surface area contributed by atoms with Crippen molar-refractivity contribution in [1.82, 2.24) is 8.88 Å². The second-order valence-corrected chi connectivity index (χ2v) is 19.3. The van der Waals surface area contributed by atoms with Crippen molar-refractivity contribution in [3.63, 3.8) is 0 Å². The highest BCUT2D eigenvalue weighted by molar-refractivity contribution is 6.91. The van der Waals surface area contributed by atoms with E-state index >= 15 is 0 Å². The molecule has 8 aromatic carbocycles. The van der Waals surface area contributed by atoms with Crippen LogP contribution in [-0.2, 0) is 10.8 Å². The van der Waals surface area contributed by atoms with Gasteiger partial charge in [-0.1, -0.05) is 145 Å². The van der Waals surface area contributed by atoms with E-state index in [9.17, 15) is 0 Å². The fourth-order valence-corrected chi connectivity index (χ4v) is 11.0. The molecule has 0 atom stereocenters. The van der Waals surface area contributed by atoms with Crippen molar-refractivity contribution in [3.8, 4) is 44.5 Å². The summed E-state index contributed by atoms with van der Waals surface area (Å²) >= 11 is 0. The lowest BCUT2D eigenvalue weighted by Gasteiger charge is -2.33. The lowest BCUT2D eigenvalue weighted by molar-refractivity contribution is 0.590. The Morgan fingerprint density at radius 1 is 0.390 bits per heavy atom. The highest BCUT2D eigenvalue weighted by atomic mass is 15.0. The maximum absolute atomic E-state index is 2.75. The SMILES string of the molecule is CC(C)(C)c1ccc2c(c1)c1cc(C(C)(C)C)cc3c1n2B1c2cc(-c4ccccc4)cc4c5cc(-c6ccccc6)cc6c7c(-c8ccccc8)cc-3c1c7n(c24)c56. The van der Waals surface area contributed by atoms with Gasteiger partial charge in [-0.15, -0.1) is 0 Å². The molecule has 13 rings (SSSR count). The van der Waals surface area contributed by atoms with Crippen molar-refractivity contribution < 1.29 is 0 Å². The second kappa shape index (κ2) is 11.1. The molecule has 0 amide bonds. The number of fused-ring (bicyclic) bond motifs is 8. The first-order valence-electron chi connectivity index (χ1n) is 21.2. The van der Waals surface area contributed by atoms with Crippen molar-refractivity contribution in [2.75, 3.05) is 0 Å². The van der Waals surface area contributed by atoms with E-state index in [1.54, 1.807) is 0 Å². The molecule has 0 aliphatic carbocycles. The first-order valence-corrected chi connectivity index (χ1v) is 21.2. The topological polar surface area (TPSA) is 9.34 Å². The highest BCUT2D eigenvalue weighted by Gasteiger charge is 2.43. The Bertz CT molecular complexity index is 3590. The van der Waals surface area contributed by atoms with Crippen molar-refractivity contribution >= 4 is 77.7 Å². The van der Waals surface area contributed by atoms with Crippen molar-refractivity contribution in [2.45, 2.75) is 52.4 Å². The average Bonchev–Trinajstić information content (AvgIpc) is 3.89. The molecule has 280 valence electrons. The van der Waals surface area contributed by atoms with E-state index in [4.69, 9.17) is 0 Å². The van der Waals surface area contributed by atoms with Gasteiger partial charge in [0.1, 0.15) is 0 Å².